The maximum atomic E-state index is 13.3. The van der Waals surface area contributed by atoms with Gasteiger partial charge in [0.2, 0.25) is 5.91 Å². The van der Waals surface area contributed by atoms with E-state index < -0.39 is 17.2 Å². The van der Waals surface area contributed by atoms with E-state index in [9.17, 15) is 19.2 Å². The number of aromatic carboxylic acids is 1. The number of amides is 1. The number of esters is 1. The van der Waals surface area contributed by atoms with Crippen molar-refractivity contribution in [2.75, 3.05) is 11.9 Å². The fraction of sp³-hybridized carbons (Fsp3) is 0.222. The van der Waals surface area contributed by atoms with E-state index in [0.717, 1.165) is 5.56 Å². The van der Waals surface area contributed by atoms with Crippen molar-refractivity contribution in [1.29, 1.82) is 0 Å². The number of carboxylic acid groups (broad SMARTS) is 1. The van der Waals surface area contributed by atoms with Crippen LogP contribution in [0.4, 0.5) is 5.69 Å². The second kappa shape index (κ2) is 12.1. The molecule has 0 aliphatic carbocycles. The lowest BCUT2D eigenvalue weighted by Crippen LogP contribution is -2.28. The smallest absolute Gasteiger partial charge is 0.338 e. The molecule has 0 spiro atoms. The minimum Gasteiger partial charge on any atom is -0.478 e. The van der Waals surface area contributed by atoms with Gasteiger partial charge in [0.1, 0.15) is 4.70 Å². The lowest BCUT2D eigenvalue weighted by molar-refractivity contribution is -0.115. The molecular weight excluding hydrogens is 526 g/mol. The van der Waals surface area contributed by atoms with Crippen LogP contribution in [0.2, 0.25) is 0 Å². The Morgan fingerprint density at radius 2 is 1.74 bits per heavy atom. The van der Waals surface area contributed by atoms with Gasteiger partial charge in [-0.15, -0.1) is 11.3 Å². The Labute approximate surface area is 226 Å². The van der Waals surface area contributed by atoms with Crippen molar-refractivity contribution in [3.63, 3.8) is 0 Å². The first-order chi connectivity index (χ1) is 18.3. The monoisotopic (exact) mass is 551 g/mol. The van der Waals surface area contributed by atoms with Gasteiger partial charge in [0.05, 0.1) is 35.0 Å². The molecule has 196 valence electrons. The number of hydrogen-bond acceptors (Lipinski definition) is 8. The molecule has 4 aromatic rings. The zero-order chi connectivity index (χ0) is 27.2. The fourth-order valence-electron chi connectivity index (χ4n) is 3.66. The van der Waals surface area contributed by atoms with Crippen LogP contribution in [0, 0.1) is 0 Å². The predicted molar refractivity (Wildman–Crippen MR) is 147 cm³/mol. The SMILES string of the molecule is CCOC(=O)c1ccc(NC(=O)C(CC)Sc2nc3ccsc3c(=O)n2Cc2ccc(C(=O)O)cc2)cc1. The number of fused-ring (bicyclic) bond motifs is 1. The minimum atomic E-state index is -1.03. The molecule has 0 fully saturated rings. The molecule has 9 nitrogen and oxygen atoms in total. The van der Waals surface area contributed by atoms with E-state index in [1.54, 1.807) is 54.8 Å². The maximum Gasteiger partial charge on any atom is 0.338 e. The molecule has 11 heteroatoms. The third kappa shape index (κ3) is 6.12. The van der Waals surface area contributed by atoms with E-state index in [1.807, 2.05) is 6.92 Å². The Morgan fingerprint density at radius 3 is 2.37 bits per heavy atom. The Bertz CT molecular complexity index is 1530. The predicted octanol–water partition coefficient (Wildman–Crippen LogP) is 4.89. The number of thioether (sulfide) groups is 1. The number of nitrogens with zero attached hydrogens (tertiary/aromatic N) is 2. The minimum absolute atomic E-state index is 0.153. The highest BCUT2D eigenvalue weighted by Gasteiger charge is 2.23. The maximum absolute atomic E-state index is 13.3. The molecular formula is C27H25N3O6S2. The Morgan fingerprint density at radius 1 is 1.05 bits per heavy atom. The van der Waals surface area contributed by atoms with Crippen LogP contribution in [0.25, 0.3) is 10.2 Å². The summed E-state index contributed by atoms with van der Waals surface area (Å²) in [5.74, 6) is -1.73. The van der Waals surface area contributed by atoms with Gasteiger partial charge in [-0.25, -0.2) is 14.6 Å². The van der Waals surface area contributed by atoms with Gasteiger partial charge in [0, 0.05) is 5.69 Å². The summed E-state index contributed by atoms with van der Waals surface area (Å²) in [5, 5.41) is 13.7. The van der Waals surface area contributed by atoms with Crippen molar-refractivity contribution in [2.45, 2.75) is 37.2 Å². The van der Waals surface area contributed by atoms with E-state index in [1.165, 1.54) is 39.8 Å². The average Bonchev–Trinajstić information content (AvgIpc) is 3.39. The molecule has 2 N–H and O–H groups in total. The Kier molecular flexibility index (Phi) is 8.59. The normalized spacial score (nSPS) is 11.7. The molecule has 0 saturated heterocycles. The number of carboxylic acids is 1. The van der Waals surface area contributed by atoms with Gasteiger partial charge in [-0.2, -0.15) is 0 Å². The third-order valence-electron chi connectivity index (χ3n) is 5.65. The van der Waals surface area contributed by atoms with Crippen molar-refractivity contribution in [1.82, 2.24) is 9.55 Å². The molecule has 38 heavy (non-hydrogen) atoms. The lowest BCUT2D eigenvalue weighted by Gasteiger charge is -2.18. The fourth-order valence-corrected chi connectivity index (χ4v) is 5.46. The highest BCUT2D eigenvalue weighted by molar-refractivity contribution is 8.00. The summed E-state index contributed by atoms with van der Waals surface area (Å²) in [6.07, 6.45) is 0.474. The summed E-state index contributed by atoms with van der Waals surface area (Å²) < 4.78 is 7.01. The highest BCUT2D eigenvalue weighted by Crippen LogP contribution is 2.28. The number of anilines is 1. The molecule has 0 saturated carbocycles. The number of thiophene rings is 1. The Hall–Kier alpha value is -3.96. The van der Waals surface area contributed by atoms with Gasteiger partial charge >= 0.3 is 11.9 Å². The number of benzene rings is 2. The number of ether oxygens (including phenoxy) is 1. The molecule has 0 bridgehead atoms. The summed E-state index contributed by atoms with van der Waals surface area (Å²) in [7, 11) is 0. The van der Waals surface area contributed by atoms with Crippen LogP contribution in [0.5, 0.6) is 0 Å². The average molecular weight is 552 g/mol. The van der Waals surface area contributed by atoms with E-state index in [-0.39, 0.29) is 30.2 Å². The van der Waals surface area contributed by atoms with Crippen molar-refractivity contribution < 1.29 is 24.2 Å². The number of nitrogens with one attached hydrogen (secondary N) is 1. The van der Waals surface area contributed by atoms with Crippen LogP contribution in [-0.2, 0) is 16.1 Å². The van der Waals surface area contributed by atoms with Crippen LogP contribution in [0.3, 0.4) is 0 Å². The van der Waals surface area contributed by atoms with Crippen LogP contribution < -0.4 is 10.9 Å². The van der Waals surface area contributed by atoms with E-state index in [0.29, 0.717) is 33.0 Å². The molecule has 0 aliphatic heterocycles. The zero-order valence-electron chi connectivity index (χ0n) is 20.7. The van der Waals surface area contributed by atoms with Gasteiger partial charge in [-0.05, 0) is 66.8 Å². The number of rotatable bonds is 10. The second-order valence-corrected chi connectivity index (χ2v) is 10.3. The molecule has 0 radical (unpaired) electrons. The molecule has 2 aromatic heterocycles. The quantitative estimate of drug-likeness (QED) is 0.162. The van der Waals surface area contributed by atoms with Crippen molar-refractivity contribution in [2.24, 2.45) is 0 Å². The lowest BCUT2D eigenvalue weighted by atomic mass is 10.1. The molecule has 2 heterocycles. The van der Waals surface area contributed by atoms with Crippen LogP contribution >= 0.6 is 23.1 Å². The molecule has 4 rings (SSSR count). The first-order valence-electron chi connectivity index (χ1n) is 11.9. The van der Waals surface area contributed by atoms with Crippen molar-refractivity contribution >= 4 is 56.8 Å². The summed E-state index contributed by atoms with van der Waals surface area (Å²) >= 11 is 2.49. The van der Waals surface area contributed by atoms with Crippen LogP contribution in [-0.4, -0.2) is 44.4 Å². The summed E-state index contributed by atoms with van der Waals surface area (Å²) in [4.78, 5) is 54.2. The van der Waals surface area contributed by atoms with Gasteiger partial charge in [-0.3, -0.25) is 14.2 Å². The largest absolute Gasteiger partial charge is 0.478 e. The number of carbonyl (C=O) groups is 3. The molecule has 0 aliphatic rings. The van der Waals surface area contributed by atoms with E-state index >= 15 is 0 Å². The van der Waals surface area contributed by atoms with Gasteiger partial charge in [0.15, 0.2) is 5.16 Å². The molecule has 1 atom stereocenters. The molecule has 2 aromatic carbocycles. The van der Waals surface area contributed by atoms with Crippen LogP contribution in [0.1, 0.15) is 46.5 Å². The van der Waals surface area contributed by atoms with Gasteiger partial charge in [-0.1, -0.05) is 30.8 Å². The Balaban J connectivity index is 1.58. The summed E-state index contributed by atoms with van der Waals surface area (Å²) in [6, 6.07) is 14.5. The number of carbonyl (C=O) groups excluding carboxylic acids is 2. The second-order valence-electron chi connectivity index (χ2n) is 8.22. The summed E-state index contributed by atoms with van der Waals surface area (Å²) in [5.41, 5.74) is 2.14. The number of aromatic nitrogens is 2. The van der Waals surface area contributed by atoms with E-state index in [2.05, 4.69) is 10.3 Å². The van der Waals surface area contributed by atoms with Gasteiger partial charge < -0.3 is 15.2 Å². The first kappa shape index (κ1) is 27.1. The summed E-state index contributed by atoms with van der Waals surface area (Å²) in [6.45, 7) is 4.05. The zero-order valence-corrected chi connectivity index (χ0v) is 22.3. The molecule has 1 unspecified atom stereocenters. The van der Waals surface area contributed by atoms with Crippen molar-refractivity contribution in [3.8, 4) is 0 Å². The first-order valence-corrected chi connectivity index (χ1v) is 13.6. The van der Waals surface area contributed by atoms with Gasteiger partial charge in [0.25, 0.3) is 5.56 Å². The molecule has 1 amide bonds. The van der Waals surface area contributed by atoms with E-state index in [4.69, 9.17) is 9.84 Å². The topological polar surface area (TPSA) is 128 Å². The van der Waals surface area contributed by atoms with Crippen LogP contribution in [0.15, 0.2) is 69.9 Å². The number of hydrogen-bond donors (Lipinski definition) is 2. The standard InChI is InChI=1S/C27H25N3O6S2/c1-3-21(23(31)28-19-11-9-18(10-12-19)26(35)36-4-2)38-27-29-20-13-14-37-22(20)24(32)30(27)15-16-5-7-17(8-6-16)25(33)34/h5-14,21H,3-4,15H2,1-2H3,(H,28,31)(H,33,34). The van der Waals surface area contributed by atoms with Crippen molar-refractivity contribution in [3.05, 3.63) is 87.0 Å². The highest BCUT2D eigenvalue weighted by atomic mass is 32.2. The third-order valence-corrected chi connectivity index (χ3v) is 7.89.